The fraction of sp³-hybridized carbons (Fsp3) is 0.487. The van der Waals surface area contributed by atoms with Crippen LogP contribution in [0.4, 0.5) is 11.4 Å². The van der Waals surface area contributed by atoms with Crippen molar-refractivity contribution >= 4 is 35.1 Å². The van der Waals surface area contributed by atoms with Gasteiger partial charge < -0.3 is 34.6 Å². The molecule has 2 aromatic carbocycles. The minimum atomic E-state index is -1.21. The van der Waals surface area contributed by atoms with E-state index in [1.54, 1.807) is 17.1 Å². The van der Waals surface area contributed by atoms with Crippen LogP contribution in [0, 0.1) is 11.8 Å². The molecule has 3 amide bonds. The highest BCUT2D eigenvalue weighted by Crippen LogP contribution is 2.58. The maximum Gasteiger partial charge on any atom is 0.306 e. The molecular formula is C39H50N4O7. The standard InChI is InChI=1S/C39H50N4O7/c1-5-9-16-32(45)49-26-30(27-14-11-10-12-15-27)40-36(46)33-31-21-22-39(50-31)34(33)37(47)43(24-13-25-44)35(39)38(48)42(23-6-2)29-19-17-28(18-20-29)41(7-3)8-4/h5-6,10-12,14-15,17-20,30-31,33-35,44H,1-2,7-9,13,16,21-26H2,3-4H3,(H,40,46)/t30-,31+,33-,34-,35+,39-/m0/s1. The first-order valence-electron chi connectivity index (χ1n) is 17.7. The minimum absolute atomic E-state index is 0.0823. The third-order valence-corrected chi connectivity index (χ3v) is 10.2. The third kappa shape index (κ3) is 7.20. The van der Waals surface area contributed by atoms with E-state index in [1.165, 1.54) is 4.90 Å². The summed E-state index contributed by atoms with van der Waals surface area (Å²) in [6.07, 6.45) is 4.60. The Morgan fingerprint density at radius 2 is 1.78 bits per heavy atom. The van der Waals surface area contributed by atoms with Gasteiger partial charge in [-0.2, -0.15) is 0 Å². The molecule has 268 valence electrons. The maximum absolute atomic E-state index is 14.8. The van der Waals surface area contributed by atoms with E-state index in [1.807, 2.05) is 54.6 Å². The maximum atomic E-state index is 14.8. The lowest BCUT2D eigenvalue weighted by Crippen LogP contribution is -2.56. The van der Waals surface area contributed by atoms with Gasteiger partial charge in [-0.1, -0.05) is 42.5 Å². The molecule has 2 aromatic rings. The molecule has 3 fully saturated rings. The van der Waals surface area contributed by atoms with Crippen molar-refractivity contribution in [3.63, 3.8) is 0 Å². The number of amides is 3. The van der Waals surface area contributed by atoms with Gasteiger partial charge in [-0.05, 0) is 69.4 Å². The van der Waals surface area contributed by atoms with Gasteiger partial charge in [-0.3, -0.25) is 19.2 Å². The molecule has 6 atom stereocenters. The molecular weight excluding hydrogens is 636 g/mol. The molecule has 11 heteroatoms. The normalized spacial score (nSPS) is 24.0. The number of rotatable bonds is 18. The Bertz CT molecular complexity index is 1530. The van der Waals surface area contributed by atoms with Crippen LogP contribution in [0.2, 0.25) is 0 Å². The molecule has 3 aliphatic rings. The van der Waals surface area contributed by atoms with Crippen LogP contribution in [0.25, 0.3) is 0 Å². The number of ether oxygens (including phenoxy) is 2. The molecule has 0 radical (unpaired) electrons. The second kappa shape index (κ2) is 16.5. The van der Waals surface area contributed by atoms with Crippen molar-refractivity contribution in [1.82, 2.24) is 10.2 Å². The van der Waals surface area contributed by atoms with Crippen molar-refractivity contribution in [2.75, 3.05) is 49.2 Å². The zero-order valence-electron chi connectivity index (χ0n) is 29.2. The highest BCUT2D eigenvalue weighted by Gasteiger charge is 2.74. The number of likely N-dealkylation sites (tertiary alicyclic amines) is 1. The fourth-order valence-electron chi connectivity index (χ4n) is 7.89. The largest absolute Gasteiger partial charge is 0.463 e. The first-order chi connectivity index (χ1) is 24.2. The summed E-state index contributed by atoms with van der Waals surface area (Å²) >= 11 is 0. The molecule has 3 heterocycles. The van der Waals surface area contributed by atoms with E-state index in [0.29, 0.717) is 24.9 Å². The molecule has 2 N–H and O–H groups in total. The van der Waals surface area contributed by atoms with Gasteiger partial charge in [0, 0.05) is 50.6 Å². The Kier molecular flexibility index (Phi) is 12.1. The summed E-state index contributed by atoms with van der Waals surface area (Å²) in [6, 6.07) is 15.3. The summed E-state index contributed by atoms with van der Waals surface area (Å²) in [5.74, 6) is -3.19. The zero-order valence-corrected chi connectivity index (χ0v) is 29.2. The average Bonchev–Trinajstić information content (AvgIpc) is 3.78. The highest BCUT2D eigenvalue weighted by molar-refractivity contribution is 6.05. The number of fused-ring (bicyclic) bond motifs is 1. The molecule has 0 unspecified atom stereocenters. The molecule has 2 bridgehead atoms. The van der Waals surface area contributed by atoms with Gasteiger partial charge in [0.15, 0.2) is 0 Å². The second-order valence-electron chi connectivity index (χ2n) is 13.1. The number of esters is 1. The van der Waals surface area contributed by atoms with Gasteiger partial charge in [0.2, 0.25) is 11.8 Å². The molecule has 3 aliphatic heterocycles. The topological polar surface area (TPSA) is 129 Å². The van der Waals surface area contributed by atoms with E-state index in [4.69, 9.17) is 9.47 Å². The number of hydrogen-bond acceptors (Lipinski definition) is 8. The second-order valence-corrected chi connectivity index (χ2v) is 13.1. The summed E-state index contributed by atoms with van der Waals surface area (Å²) in [5.41, 5.74) is 1.24. The van der Waals surface area contributed by atoms with E-state index in [-0.39, 0.29) is 51.0 Å². The van der Waals surface area contributed by atoms with Crippen molar-refractivity contribution in [3.05, 3.63) is 85.5 Å². The van der Waals surface area contributed by atoms with Gasteiger partial charge in [0.05, 0.1) is 24.0 Å². The number of benzene rings is 2. The van der Waals surface area contributed by atoms with Gasteiger partial charge in [0.1, 0.15) is 18.2 Å². The quantitative estimate of drug-likeness (QED) is 0.177. The summed E-state index contributed by atoms with van der Waals surface area (Å²) in [6.45, 7) is 13.5. The number of hydrogen-bond donors (Lipinski definition) is 2. The molecule has 0 aromatic heterocycles. The summed E-state index contributed by atoms with van der Waals surface area (Å²) in [4.78, 5) is 61.1. The van der Waals surface area contributed by atoms with Crippen LogP contribution in [0.5, 0.6) is 0 Å². The monoisotopic (exact) mass is 686 g/mol. The van der Waals surface area contributed by atoms with Crippen LogP contribution in [0.1, 0.15) is 57.6 Å². The van der Waals surface area contributed by atoms with E-state index in [9.17, 15) is 24.3 Å². The predicted molar refractivity (Wildman–Crippen MR) is 191 cm³/mol. The number of allylic oxidation sites excluding steroid dienone is 1. The Hall–Kier alpha value is -4.48. The molecule has 5 rings (SSSR count). The Morgan fingerprint density at radius 3 is 2.42 bits per heavy atom. The average molecular weight is 687 g/mol. The van der Waals surface area contributed by atoms with Crippen LogP contribution >= 0.6 is 0 Å². The minimum Gasteiger partial charge on any atom is -0.463 e. The van der Waals surface area contributed by atoms with Crippen molar-refractivity contribution in [1.29, 1.82) is 0 Å². The summed E-state index contributed by atoms with van der Waals surface area (Å²) in [7, 11) is 0. The van der Waals surface area contributed by atoms with Crippen molar-refractivity contribution in [2.45, 2.75) is 69.7 Å². The molecule has 1 spiro atoms. The molecule has 11 nitrogen and oxygen atoms in total. The zero-order chi connectivity index (χ0) is 35.8. The number of carbonyl (C=O) groups excluding carboxylic acids is 4. The Balaban J connectivity index is 1.44. The smallest absolute Gasteiger partial charge is 0.306 e. The van der Waals surface area contributed by atoms with Gasteiger partial charge in [-0.25, -0.2) is 0 Å². The van der Waals surface area contributed by atoms with Crippen LogP contribution < -0.4 is 15.1 Å². The van der Waals surface area contributed by atoms with Crippen LogP contribution in [-0.2, 0) is 28.7 Å². The van der Waals surface area contributed by atoms with E-state index in [2.05, 4.69) is 37.2 Å². The Morgan fingerprint density at radius 1 is 1.08 bits per heavy atom. The lowest BCUT2D eigenvalue weighted by molar-refractivity contribution is -0.146. The van der Waals surface area contributed by atoms with Crippen LogP contribution in [-0.4, -0.2) is 90.8 Å². The summed E-state index contributed by atoms with van der Waals surface area (Å²) in [5, 5.41) is 12.8. The lowest BCUT2D eigenvalue weighted by atomic mass is 9.70. The lowest BCUT2D eigenvalue weighted by Gasteiger charge is -2.37. The molecule has 0 saturated carbocycles. The van der Waals surface area contributed by atoms with Crippen LogP contribution in [0.3, 0.4) is 0 Å². The number of nitrogens with zero attached hydrogens (tertiary/aromatic N) is 3. The van der Waals surface area contributed by atoms with E-state index in [0.717, 1.165) is 24.3 Å². The van der Waals surface area contributed by atoms with Gasteiger partial charge in [0.25, 0.3) is 5.91 Å². The molecule has 3 saturated heterocycles. The van der Waals surface area contributed by atoms with Crippen molar-refractivity contribution in [3.8, 4) is 0 Å². The first-order valence-corrected chi connectivity index (χ1v) is 17.7. The molecule has 50 heavy (non-hydrogen) atoms. The molecule has 0 aliphatic carbocycles. The highest BCUT2D eigenvalue weighted by atomic mass is 16.5. The Labute approximate surface area is 294 Å². The van der Waals surface area contributed by atoms with Gasteiger partial charge >= 0.3 is 5.97 Å². The van der Waals surface area contributed by atoms with Gasteiger partial charge in [-0.15, -0.1) is 13.2 Å². The number of nitrogens with one attached hydrogen (secondary N) is 1. The third-order valence-electron chi connectivity index (χ3n) is 10.2. The van der Waals surface area contributed by atoms with Crippen molar-refractivity contribution in [2.24, 2.45) is 11.8 Å². The predicted octanol–water partition coefficient (Wildman–Crippen LogP) is 4.18. The number of carbonyl (C=O) groups is 4. The number of aliphatic hydroxyl groups is 1. The first kappa shape index (κ1) is 36.8. The number of anilines is 2. The van der Waals surface area contributed by atoms with Crippen molar-refractivity contribution < 1.29 is 33.8 Å². The van der Waals surface area contributed by atoms with E-state index < -0.39 is 47.5 Å². The van der Waals surface area contributed by atoms with E-state index >= 15 is 0 Å². The fourth-order valence-corrected chi connectivity index (χ4v) is 7.89. The number of aliphatic hydroxyl groups excluding tert-OH is 1. The summed E-state index contributed by atoms with van der Waals surface area (Å²) < 4.78 is 12.2. The SMILES string of the molecule is C=CCCC(=O)OC[C@H](NC(=O)[C@@H]1[C@H]2C(=O)N(CCCO)[C@H](C(=O)N(CC=C)c3ccc(N(CC)CC)cc3)[C@]23CC[C@H]1O3)c1ccccc1. The van der Waals surface area contributed by atoms with Crippen LogP contribution in [0.15, 0.2) is 79.9 Å².